The van der Waals surface area contributed by atoms with E-state index in [2.05, 4.69) is 47.8 Å². The number of nitrogens with one attached hydrogen (secondary N) is 1. The molecular formula is C18H19NO2. The molecule has 21 heavy (non-hydrogen) atoms. The molecular weight excluding hydrogens is 262 g/mol. The Bertz CT molecular complexity index is 679. The van der Waals surface area contributed by atoms with Crippen LogP contribution in [-0.2, 0) is 16.0 Å². The van der Waals surface area contributed by atoms with Gasteiger partial charge < -0.3 is 10.1 Å². The fraction of sp³-hybridized carbons (Fsp3) is 0.278. The summed E-state index contributed by atoms with van der Waals surface area (Å²) >= 11 is 0. The van der Waals surface area contributed by atoms with Gasteiger partial charge in [0.2, 0.25) is 0 Å². The number of hydrogen-bond donors (Lipinski definition) is 1. The molecule has 1 aliphatic rings. The van der Waals surface area contributed by atoms with Gasteiger partial charge in [0, 0.05) is 12.2 Å². The minimum atomic E-state index is -0.184. The lowest BCUT2D eigenvalue weighted by molar-refractivity contribution is -0.144. The third-order valence-corrected chi connectivity index (χ3v) is 4.01. The van der Waals surface area contributed by atoms with Crippen LogP contribution in [0.25, 0.3) is 11.1 Å². The number of esters is 1. The van der Waals surface area contributed by atoms with E-state index in [4.69, 9.17) is 4.74 Å². The van der Waals surface area contributed by atoms with E-state index in [0.29, 0.717) is 6.54 Å². The minimum absolute atomic E-state index is 0.152. The van der Waals surface area contributed by atoms with Crippen LogP contribution in [-0.4, -0.2) is 19.6 Å². The predicted molar refractivity (Wildman–Crippen MR) is 84.4 cm³/mol. The molecule has 0 heterocycles. The average molecular weight is 281 g/mol. The van der Waals surface area contributed by atoms with Crippen LogP contribution in [0, 0.1) is 5.92 Å². The molecule has 0 spiro atoms. The van der Waals surface area contributed by atoms with Gasteiger partial charge in [0.15, 0.2) is 0 Å². The van der Waals surface area contributed by atoms with Gasteiger partial charge in [-0.25, -0.2) is 0 Å². The molecule has 1 N–H and O–H groups in total. The second-order valence-electron chi connectivity index (χ2n) is 5.51. The molecule has 108 valence electrons. The molecule has 0 aliphatic heterocycles. The van der Waals surface area contributed by atoms with E-state index in [9.17, 15) is 4.79 Å². The van der Waals surface area contributed by atoms with E-state index in [1.165, 1.54) is 29.4 Å². The van der Waals surface area contributed by atoms with Gasteiger partial charge in [-0.2, -0.15) is 0 Å². The van der Waals surface area contributed by atoms with Crippen molar-refractivity contribution in [3.63, 3.8) is 0 Å². The Balaban J connectivity index is 1.74. The number of carbonyl (C=O) groups excluding carboxylic acids is 1. The summed E-state index contributed by atoms with van der Waals surface area (Å²) in [5, 5.41) is 3.32. The Morgan fingerprint density at radius 1 is 1.19 bits per heavy atom. The number of benzene rings is 2. The van der Waals surface area contributed by atoms with Crippen LogP contribution >= 0.6 is 0 Å². The van der Waals surface area contributed by atoms with Crippen molar-refractivity contribution in [3.05, 3.63) is 53.6 Å². The normalized spacial score (nSPS) is 13.2. The minimum Gasteiger partial charge on any atom is -0.469 e. The molecule has 3 nitrogen and oxygen atoms in total. The van der Waals surface area contributed by atoms with Crippen LogP contribution in [0.5, 0.6) is 0 Å². The highest BCUT2D eigenvalue weighted by molar-refractivity contribution is 5.78. The number of ether oxygens (including phenoxy) is 1. The Labute approximate surface area is 124 Å². The lowest BCUT2D eigenvalue weighted by Gasteiger charge is -2.12. The largest absolute Gasteiger partial charge is 0.469 e. The van der Waals surface area contributed by atoms with Crippen LogP contribution in [0.3, 0.4) is 0 Å². The Hall–Kier alpha value is -2.29. The fourth-order valence-electron chi connectivity index (χ4n) is 2.81. The number of fused-ring (bicyclic) bond motifs is 3. The van der Waals surface area contributed by atoms with Gasteiger partial charge in [-0.3, -0.25) is 4.79 Å². The highest BCUT2D eigenvalue weighted by Crippen LogP contribution is 2.37. The summed E-state index contributed by atoms with van der Waals surface area (Å²) in [6.07, 6.45) is 0.980. The second-order valence-corrected chi connectivity index (χ2v) is 5.51. The van der Waals surface area contributed by atoms with Crippen molar-refractivity contribution >= 4 is 11.7 Å². The molecule has 0 saturated carbocycles. The maximum absolute atomic E-state index is 11.4. The first kappa shape index (κ1) is 13.7. The number of anilines is 1. The molecule has 0 bridgehead atoms. The summed E-state index contributed by atoms with van der Waals surface area (Å²) in [7, 11) is 1.42. The number of rotatable bonds is 4. The fourth-order valence-corrected chi connectivity index (χ4v) is 2.81. The predicted octanol–water partition coefficient (Wildman–Crippen LogP) is 3.48. The first-order chi connectivity index (χ1) is 10.2. The van der Waals surface area contributed by atoms with Crippen LogP contribution in [0.15, 0.2) is 42.5 Å². The number of carbonyl (C=O) groups is 1. The van der Waals surface area contributed by atoms with Crippen molar-refractivity contribution in [2.24, 2.45) is 5.92 Å². The van der Waals surface area contributed by atoms with Gasteiger partial charge in [-0.15, -0.1) is 0 Å². The molecule has 0 fully saturated rings. The highest BCUT2D eigenvalue weighted by atomic mass is 16.5. The summed E-state index contributed by atoms with van der Waals surface area (Å²) in [6, 6.07) is 14.9. The van der Waals surface area contributed by atoms with E-state index >= 15 is 0 Å². The zero-order valence-electron chi connectivity index (χ0n) is 12.3. The van der Waals surface area contributed by atoms with Gasteiger partial charge >= 0.3 is 5.97 Å². The molecule has 1 atom stereocenters. The van der Waals surface area contributed by atoms with Gasteiger partial charge in [0.05, 0.1) is 13.0 Å². The maximum atomic E-state index is 11.4. The van der Waals surface area contributed by atoms with Gasteiger partial charge in [-0.1, -0.05) is 37.3 Å². The number of methoxy groups -OCH3 is 1. The van der Waals surface area contributed by atoms with Gasteiger partial charge in [0.25, 0.3) is 0 Å². The van der Waals surface area contributed by atoms with Crippen molar-refractivity contribution in [3.8, 4) is 11.1 Å². The zero-order valence-corrected chi connectivity index (χ0v) is 12.3. The molecule has 0 saturated heterocycles. The molecule has 3 heteroatoms. The summed E-state index contributed by atoms with van der Waals surface area (Å²) in [5.41, 5.74) is 6.43. The van der Waals surface area contributed by atoms with Gasteiger partial charge in [0.1, 0.15) is 0 Å². The third kappa shape index (κ3) is 2.64. The van der Waals surface area contributed by atoms with Crippen molar-refractivity contribution in [2.75, 3.05) is 19.0 Å². The van der Waals surface area contributed by atoms with Crippen molar-refractivity contribution in [1.29, 1.82) is 0 Å². The molecule has 2 aromatic carbocycles. The second kappa shape index (κ2) is 5.60. The maximum Gasteiger partial charge on any atom is 0.310 e. The standard InChI is InChI=1S/C18H19NO2/c1-12(18(20)21-2)11-19-15-7-8-17-14(10-15)9-13-5-3-4-6-16(13)17/h3-8,10,12,19H,9,11H2,1-2H3. The van der Waals surface area contributed by atoms with E-state index in [1.54, 1.807) is 0 Å². The van der Waals surface area contributed by atoms with E-state index < -0.39 is 0 Å². The average Bonchev–Trinajstić information content (AvgIpc) is 2.89. The number of hydrogen-bond acceptors (Lipinski definition) is 3. The lowest BCUT2D eigenvalue weighted by Crippen LogP contribution is -2.21. The van der Waals surface area contributed by atoms with Gasteiger partial charge in [-0.05, 0) is 40.8 Å². The van der Waals surface area contributed by atoms with Crippen molar-refractivity contribution in [1.82, 2.24) is 0 Å². The SMILES string of the molecule is COC(=O)C(C)CNc1ccc2c(c1)Cc1ccccc1-2. The summed E-state index contributed by atoms with van der Waals surface area (Å²) in [4.78, 5) is 11.4. The topological polar surface area (TPSA) is 38.3 Å². The van der Waals surface area contributed by atoms with Crippen molar-refractivity contribution in [2.45, 2.75) is 13.3 Å². The van der Waals surface area contributed by atoms with Crippen molar-refractivity contribution < 1.29 is 9.53 Å². The monoisotopic (exact) mass is 281 g/mol. The first-order valence-electron chi connectivity index (χ1n) is 7.22. The zero-order chi connectivity index (χ0) is 14.8. The van der Waals surface area contributed by atoms with Crippen LogP contribution in [0.1, 0.15) is 18.1 Å². The Morgan fingerprint density at radius 3 is 2.76 bits per heavy atom. The molecule has 0 amide bonds. The van der Waals surface area contributed by atoms with E-state index in [0.717, 1.165) is 12.1 Å². The Kier molecular flexibility index (Phi) is 3.65. The molecule has 1 unspecified atom stereocenters. The summed E-state index contributed by atoms with van der Waals surface area (Å²) in [6.45, 7) is 2.44. The van der Waals surface area contributed by atoms with Crippen LogP contribution in [0.2, 0.25) is 0 Å². The molecule has 0 aromatic heterocycles. The van der Waals surface area contributed by atoms with Crippen LogP contribution in [0.4, 0.5) is 5.69 Å². The molecule has 0 radical (unpaired) electrons. The molecule has 1 aliphatic carbocycles. The van der Waals surface area contributed by atoms with Crippen LogP contribution < -0.4 is 5.32 Å². The first-order valence-corrected chi connectivity index (χ1v) is 7.22. The summed E-state index contributed by atoms with van der Waals surface area (Å²) < 4.78 is 4.74. The molecule has 3 rings (SSSR count). The quantitative estimate of drug-likeness (QED) is 0.744. The third-order valence-electron chi connectivity index (χ3n) is 4.01. The molecule has 2 aromatic rings. The highest BCUT2D eigenvalue weighted by Gasteiger charge is 2.18. The van der Waals surface area contributed by atoms with E-state index in [1.807, 2.05) is 6.92 Å². The Morgan fingerprint density at radius 2 is 1.95 bits per heavy atom. The van der Waals surface area contributed by atoms with E-state index in [-0.39, 0.29) is 11.9 Å². The lowest BCUT2D eigenvalue weighted by atomic mass is 10.1. The summed E-state index contributed by atoms with van der Waals surface area (Å²) in [5.74, 6) is -0.337. The smallest absolute Gasteiger partial charge is 0.310 e.